The highest BCUT2D eigenvalue weighted by molar-refractivity contribution is 5.79. The fraction of sp³-hybridized carbons (Fsp3) is 0.889. The number of hydrogen-bond acceptors (Lipinski definition) is 1. The van der Waals surface area contributed by atoms with Crippen LogP contribution in [0.2, 0.25) is 0 Å². The van der Waals surface area contributed by atoms with Gasteiger partial charge in [0.15, 0.2) is 0 Å². The zero-order chi connectivity index (χ0) is 12.9. The van der Waals surface area contributed by atoms with Gasteiger partial charge in [0.1, 0.15) is 6.54 Å². The molecule has 0 unspecified atom stereocenters. The van der Waals surface area contributed by atoms with Gasteiger partial charge in [-0.2, -0.15) is 22.0 Å². The highest BCUT2D eigenvalue weighted by Gasteiger charge is 2.38. The average Bonchev–Trinajstić information content (AvgIpc) is 2.15. The number of halogens is 5. The van der Waals surface area contributed by atoms with Crippen LogP contribution in [-0.2, 0) is 4.79 Å². The summed E-state index contributed by atoms with van der Waals surface area (Å²) in [6.45, 7) is 1.48. The molecule has 1 amide bonds. The maximum atomic E-state index is 12.1. The molecule has 0 heterocycles. The van der Waals surface area contributed by atoms with E-state index in [2.05, 4.69) is 0 Å². The molecule has 0 aromatic rings. The van der Waals surface area contributed by atoms with Gasteiger partial charge in [0.25, 0.3) is 5.91 Å². The van der Waals surface area contributed by atoms with Crippen molar-refractivity contribution < 1.29 is 26.7 Å². The van der Waals surface area contributed by atoms with Crippen LogP contribution in [0.3, 0.4) is 0 Å². The third-order valence-electron chi connectivity index (χ3n) is 2.20. The molecule has 16 heavy (non-hydrogen) atoms. The first kappa shape index (κ1) is 15.1. The van der Waals surface area contributed by atoms with Gasteiger partial charge >= 0.3 is 12.6 Å². The molecule has 96 valence electrons. The van der Waals surface area contributed by atoms with Crippen LogP contribution in [0.4, 0.5) is 22.0 Å². The first-order valence-corrected chi connectivity index (χ1v) is 4.88. The van der Waals surface area contributed by atoms with Crippen molar-refractivity contribution in [3.05, 3.63) is 0 Å². The van der Waals surface area contributed by atoms with Crippen molar-refractivity contribution in [1.82, 2.24) is 4.90 Å². The third kappa shape index (κ3) is 4.76. The Morgan fingerprint density at radius 1 is 1.19 bits per heavy atom. The normalized spacial score (nSPS) is 12.3. The number of nitrogens with zero attached hydrogens (tertiary/aromatic N) is 1. The molecule has 0 bridgehead atoms. The van der Waals surface area contributed by atoms with Crippen LogP contribution in [0.25, 0.3) is 0 Å². The van der Waals surface area contributed by atoms with Gasteiger partial charge in [0.2, 0.25) is 0 Å². The molecule has 2 nitrogen and oxygen atoms in total. The Balaban J connectivity index is 4.82. The van der Waals surface area contributed by atoms with E-state index >= 15 is 0 Å². The second-order valence-corrected chi connectivity index (χ2v) is 3.35. The van der Waals surface area contributed by atoms with Crippen molar-refractivity contribution >= 4 is 5.91 Å². The number of amides is 1. The molecular weight excluding hydrogens is 233 g/mol. The van der Waals surface area contributed by atoms with Crippen LogP contribution in [0.5, 0.6) is 0 Å². The van der Waals surface area contributed by atoms with Crippen molar-refractivity contribution in [3.8, 4) is 0 Å². The zero-order valence-electron chi connectivity index (χ0n) is 9.02. The molecule has 0 N–H and O–H groups in total. The van der Waals surface area contributed by atoms with Crippen molar-refractivity contribution in [2.45, 2.75) is 45.3 Å². The van der Waals surface area contributed by atoms with E-state index in [9.17, 15) is 26.7 Å². The Bertz CT molecular complexity index is 224. The maximum absolute atomic E-state index is 12.1. The lowest BCUT2D eigenvalue weighted by Crippen LogP contribution is -2.47. The van der Waals surface area contributed by atoms with Gasteiger partial charge in [-0.3, -0.25) is 4.79 Å². The lowest BCUT2D eigenvalue weighted by Gasteiger charge is -2.30. The molecule has 0 aromatic carbocycles. The van der Waals surface area contributed by atoms with Gasteiger partial charge in [-0.1, -0.05) is 13.8 Å². The lowest BCUT2D eigenvalue weighted by atomic mass is 10.1. The van der Waals surface area contributed by atoms with E-state index in [-0.39, 0.29) is 17.7 Å². The van der Waals surface area contributed by atoms with E-state index in [1.807, 2.05) is 0 Å². The minimum Gasteiger partial charge on any atom is -0.326 e. The Hall–Kier alpha value is -0.880. The summed E-state index contributed by atoms with van der Waals surface area (Å²) in [6, 6.07) is -0.803. The molecule has 0 aliphatic carbocycles. The number of carbonyl (C=O) groups is 1. The second-order valence-electron chi connectivity index (χ2n) is 3.35. The Morgan fingerprint density at radius 2 is 1.62 bits per heavy atom. The third-order valence-corrected chi connectivity index (χ3v) is 2.20. The van der Waals surface area contributed by atoms with Gasteiger partial charge in [0, 0.05) is 6.04 Å². The molecule has 0 radical (unpaired) electrons. The van der Waals surface area contributed by atoms with Crippen LogP contribution >= 0.6 is 0 Å². The van der Waals surface area contributed by atoms with E-state index < -0.39 is 31.1 Å². The topological polar surface area (TPSA) is 20.3 Å². The minimum absolute atomic E-state index is 0.213. The lowest BCUT2D eigenvalue weighted by molar-refractivity contribution is -0.173. The fourth-order valence-corrected chi connectivity index (χ4v) is 1.43. The summed E-state index contributed by atoms with van der Waals surface area (Å²) >= 11 is 0. The molecule has 7 heteroatoms. The van der Waals surface area contributed by atoms with E-state index in [1.165, 1.54) is 0 Å². The Kier molecular flexibility index (Phi) is 5.67. The van der Waals surface area contributed by atoms with Gasteiger partial charge < -0.3 is 4.90 Å². The number of carbonyl (C=O) groups excluding carboxylic acids is 1. The van der Waals surface area contributed by atoms with Gasteiger partial charge in [0.05, 0.1) is 0 Å². The SMILES string of the molecule is CCC(CC)N(CC(F)(F)F)C(=O)C(F)F. The highest BCUT2D eigenvalue weighted by atomic mass is 19.4. The summed E-state index contributed by atoms with van der Waals surface area (Å²) in [5, 5.41) is 0. The van der Waals surface area contributed by atoms with E-state index in [4.69, 9.17) is 0 Å². The molecule has 0 aliphatic heterocycles. The molecule has 0 aromatic heterocycles. The Labute approximate surface area is 90.4 Å². The van der Waals surface area contributed by atoms with Gasteiger partial charge in [-0.25, -0.2) is 0 Å². The second kappa shape index (κ2) is 6.00. The number of rotatable bonds is 5. The standard InChI is InChI=1S/C9H14F5NO/c1-3-6(4-2)15(5-9(12,13)14)8(16)7(10)11/h6-7H,3-5H2,1-2H3. The predicted molar refractivity (Wildman–Crippen MR) is 48.1 cm³/mol. The van der Waals surface area contributed by atoms with Crippen molar-refractivity contribution in [2.24, 2.45) is 0 Å². The quantitative estimate of drug-likeness (QED) is 0.684. The summed E-state index contributed by atoms with van der Waals surface area (Å²) < 4.78 is 60.6. The molecule has 0 aliphatic rings. The smallest absolute Gasteiger partial charge is 0.326 e. The first-order valence-electron chi connectivity index (χ1n) is 4.88. The molecule has 0 rings (SSSR count). The summed E-state index contributed by atoms with van der Waals surface area (Å²) in [7, 11) is 0. The van der Waals surface area contributed by atoms with Crippen molar-refractivity contribution in [3.63, 3.8) is 0 Å². The summed E-state index contributed by atoms with van der Waals surface area (Å²) in [5.41, 5.74) is 0. The van der Waals surface area contributed by atoms with Crippen LogP contribution in [0.1, 0.15) is 26.7 Å². The number of hydrogen-bond donors (Lipinski definition) is 0. The van der Waals surface area contributed by atoms with Crippen LogP contribution in [-0.4, -0.2) is 36.0 Å². The van der Waals surface area contributed by atoms with Gasteiger partial charge in [-0.05, 0) is 12.8 Å². The molecule has 0 saturated carbocycles. The van der Waals surface area contributed by atoms with Crippen LogP contribution < -0.4 is 0 Å². The predicted octanol–water partition coefficient (Wildman–Crippen LogP) is 2.83. The summed E-state index contributed by atoms with van der Waals surface area (Å²) in [4.78, 5) is 11.2. The first-order chi connectivity index (χ1) is 7.22. The van der Waals surface area contributed by atoms with E-state index in [0.717, 1.165) is 0 Å². The molecule has 0 atom stereocenters. The largest absolute Gasteiger partial charge is 0.406 e. The molecule has 0 spiro atoms. The minimum atomic E-state index is -4.66. The molecule has 0 saturated heterocycles. The molecule has 0 fully saturated rings. The fourth-order valence-electron chi connectivity index (χ4n) is 1.43. The van der Waals surface area contributed by atoms with E-state index in [1.54, 1.807) is 13.8 Å². The Morgan fingerprint density at radius 3 is 1.88 bits per heavy atom. The van der Waals surface area contributed by atoms with Crippen molar-refractivity contribution in [2.75, 3.05) is 6.54 Å². The summed E-state index contributed by atoms with van der Waals surface area (Å²) in [6.07, 6.45) is -7.63. The monoisotopic (exact) mass is 247 g/mol. The van der Waals surface area contributed by atoms with Crippen LogP contribution in [0.15, 0.2) is 0 Å². The molecular formula is C9H14F5NO. The summed E-state index contributed by atoms with van der Waals surface area (Å²) in [5.74, 6) is -1.76. The highest BCUT2D eigenvalue weighted by Crippen LogP contribution is 2.21. The van der Waals surface area contributed by atoms with Gasteiger partial charge in [-0.15, -0.1) is 0 Å². The van der Waals surface area contributed by atoms with Crippen molar-refractivity contribution in [1.29, 1.82) is 0 Å². The average molecular weight is 247 g/mol. The van der Waals surface area contributed by atoms with Crippen LogP contribution in [0, 0.1) is 0 Å². The number of alkyl halides is 5. The zero-order valence-corrected chi connectivity index (χ0v) is 9.02. The van der Waals surface area contributed by atoms with E-state index in [0.29, 0.717) is 0 Å². The maximum Gasteiger partial charge on any atom is 0.406 e.